The molecular formula is C18H31NO5. The summed E-state index contributed by atoms with van der Waals surface area (Å²) in [6, 6.07) is 0. The van der Waals surface area contributed by atoms with Gasteiger partial charge in [0.1, 0.15) is 0 Å². The lowest BCUT2D eigenvalue weighted by molar-refractivity contribution is -0.141. The Morgan fingerprint density at radius 1 is 1.29 bits per heavy atom. The van der Waals surface area contributed by atoms with Gasteiger partial charge in [-0.3, -0.25) is 4.90 Å². The van der Waals surface area contributed by atoms with Crippen molar-refractivity contribution in [3.8, 4) is 0 Å². The molecule has 0 saturated carbocycles. The smallest absolute Gasteiger partial charge is 0.334 e. The zero-order valence-corrected chi connectivity index (χ0v) is 15.0. The van der Waals surface area contributed by atoms with E-state index in [-0.39, 0.29) is 5.57 Å². The number of unbranched alkanes of at least 4 members (excludes halogenated alkanes) is 1. The molecule has 0 radical (unpaired) electrons. The molecule has 0 aromatic heterocycles. The minimum Gasteiger partial charge on any atom is -0.478 e. The number of morpholine rings is 1. The lowest BCUT2D eigenvalue weighted by atomic mass is 10.1. The Hall–Kier alpha value is -1.40. The Morgan fingerprint density at radius 2 is 2.00 bits per heavy atom. The normalized spacial score (nSPS) is 17.5. The van der Waals surface area contributed by atoms with Crippen LogP contribution in [0.3, 0.4) is 0 Å². The van der Waals surface area contributed by atoms with Crippen LogP contribution < -0.4 is 0 Å². The van der Waals surface area contributed by atoms with Crippen molar-refractivity contribution in [1.82, 2.24) is 4.90 Å². The Balaban J connectivity index is 2.35. The zero-order valence-electron chi connectivity index (χ0n) is 15.0. The van der Waals surface area contributed by atoms with Crippen LogP contribution in [0.4, 0.5) is 0 Å². The molecule has 24 heavy (non-hydrogen) atoms. The van der Waals surface area contributed by atoms with Crippen LogP contribution in [0.25, 0.3) is 0 Å². The van der Waals surface area contributed by atoms with E-state index in [9.17, 15) is 9.59 Å². The summed E-state index contributed by atoms with van der Waals surface area (Å²) in [5.41, 5.74) is 0.258. The monoisotopic (exact) mass is 341 g/mol. The maximum atomic E-state index is 12.1. The number of ether oxygens (including phenoxy) is 2. The molecule has 1 rings (SSSR count). The van der Waals surface area contributed by atoms with Gasteiger partial charge in [-0.2, -0.15) is 0 Å². The first kappa shape index (κ1) is 20.6. The molecule has 1 saturated heterocycles. The van der Waals surface area contributed by atoms with Gasteiger partial charge in [0.05, 0.1) is 19.8 Å². The number of nitrogens with zero attached hydrogens (tertiary/aromatic N) is 1. The largest absolute Gasteiger partial charge is 0.478 e. The molecule has 1 aliphatic heterocycles. The highest BCUT2D eigenvalue weighted by molar-refractivity contribution is 5.95. The fourth-order valence-electron chi connectivity index (χ4n) is 2.74. The van der Waals surface area contributed by atoms with Crippen molar-refractivity contribution < 1.29 is 24.2 Å². The number of carboxylic acid groups (broad SMARTS) is 1. The van der Waals surface area contributed by atoms with Gasteiger partial charge in [-0.25, -0.2) is 9.59 Å². The topological polar surface area (TPSA) is 76.1 Å². The predicted octanol–water partition coefficient (Wildman–Crippen LogP) is 2.48. The van der Waals surface area contributed by atoms with Crippen molar-refractivity contribution in [1.29, 1.82) is 0 Å². The number of rotatable bonds is 11. The van der Waals surface area contributed by atoms with Crippen molar-refractivity contribution in [3.63, 3.8) is 0 Å². The number of carbonyl (C=O) groups is 2. The predicted molar refractivity (Wildman–Crippen MR) is 91.9 cm³/mol. The maximum Gasteiger partial charge on any atom is 0.334 e. The molecule has 1 aliphatic rings. The number of aliphatic carboxylic acids is 1. The van der Waals surface area contributed by atoms with E-state index in [0.717, 1.165) is 64.6 Å². The van der Waals surface area contributed by atoms with Crippen molar-refractivity contribution in [2.45, 2.75) is 46.0 Å². The van der Waals surface area contributed by atoms with E-state index in [0.29, 0.717) is 18.9 Å². The Morgan fingerprint density at radius 3 is 2.62 bits per heavy atom. The summed E-state index contributed by atoms with van der Waals surface area (Å²) in [7, 11) is 0. The van der Waals surface area contributed by atoms with Crippen molar-refractivity contribution in [3.05, 3.63) is 11.6 Å². The molecule has 0 amide bonds. The third-order valence-corrected chi connectivity index (χ3v) is 4.11. The Labute approximate surface area is 144 Å². The van der Waals surface area contributed by atoms with Gasteiger partial charge in [0.25, 0.3) is 0 Å². The molecule has 1 heterocycles. The summed E-state index contributed by atoms with van der Waals surface area (Å²) in [5.74, 6) is -1.30. The molecule has 0 aliphatic carbocycles. The molecule has 1 fully saturated rings. The van der Waals surface area contributed by atoms with E-state index >= 15 is 0 Å². The van der Waals surface area contributed by atoms with Gasteiger partial charge in [0, 0.05) is 24.7 Å². The molecule has 6 nitrogen and oxygen atoms in total. The van der Waals surface area contributed by atoms with Gasteiger partial charge in [-0.1, -0.05) is 20.3 Å². The second kappa shape index (κ2) is 12.0. The highest BCUT2D eigenvalue weighted by Crippen LogP contribution is 2.13. The molecule has 138 valence electrons. The van der Waals surface area contributed by atoms with Crippen LogP contribution >= 0.6 is 0 Å². The van der Waals surface area contributed by atoms with Crippen molar-refractivity contribution in [2.75, 3.05) is 39.5 Å². The molecule has 0 aromatic carbocycles. The molecule has 0 spiro atoms. The van der Waals surface area contributed by atoms with E-state index in [4.69, 9.17) is 14.6 Å². The standard InChI is InChI=1S/C18H31NO5/c1-3-6-15(2)14-24-18(22)16(13-17(20)21)7-4-5-8-19-9-11-23-12-10-19/h13,15H,3-12,14H2,1-2H3,(H,20,21)/b16-13+. The van der Waals surface area contributed by atoms with E-state index in [1.807, 2.05) is 6.92 Å². The SMILES string of the molecule is CCCC(C)COC(=O)/C(=C/C(=O)O)CCCCN1CCOCC1. The average molecular weight is 341 g/mol. The average Bonchev–Trinajstić information content (AvgIpc) is 2.56. The Bertz CT molecular complexity index is 416. The first-order chi connectivity index (χ1) is 11.5. The molecule has 0 aromatic rings. The highest BCUT2D eigenvalue weighted by Gasteiger charge is 2.15. The fourth-order valence-corrected chi connectivity index (χ4v) is 2.74. The summed E-state index contributed by atoms with van der Waals surface area (Å²) in [6.45, 7) is 8.83. The van der Waals surface area contributed by atoms with Crippen molar-refractivity contribution >= 4 is 11.9 Å². The number of hydrogen-bond donors (Lipinski definition) is 1. The van der Waals surface area contributed by atoms with Crippen LogP contribution in [0, 0.1) is 5.92 Å². The summed E-state index contributed by atoms with van der Waals surface area (Å²) in [5, 5.41) is 8.95. The maximum absolute atomic E-state index is 12.1. The van der Waals surface area contributed by atoms with Crippen molar-refractivity contribution in [2.24, 2.45) is 5.92 Å². The molecule has 0 bridgehead atoms. The fraction of sp³-hybridized carbons (Fsp3) is 0.778. The van der Waals surface area contributed by atoms with E-state index in [1.165, 1.54) is 0 Å². The first-order valence-corrected chi connectivity index (χ1v) is 8.93. The highest BCUT2D eigenvalue weighted by atomic mass is 16.5. The van der Waals surface area contributed by atoms with Crippen LogP contribution in [-0.2, 0) is 19.1 Å². The number of carbonyl (C=O) groups excluding carboxylic acids is 1. The van der Waals surface area contributed by atoms with Crippen LogP contribution in [0.2, 0.25) is 0 Å². The molecule has 1 unspecified atom stereocenters. The summed E-state index contributed by atoms with van der Waals surface area (Å²) >= 11 is 0. The number of carboxylic acids is 1. The summed E-state index contributed by atoms with van der Waals surface area (Å²) in [6.07, 6.45) is 5.16. The van der Waals surface area contributed by atoms with Gasteiger partial charge in [0.2, 0.25) is 0 Å². The quantitative estimate of drug-likeness (QED) is 0.353. The van der Waals surface area contributed by atoms with E-state index in [2.05, 4.69) is 11.8 Å². The molecule has 6 heteroatoms. The minimum atomic E-state index is -1.10. The lowest BCUT2D eigenvalue weighted by Gasteiger charge is -2.26. The number of hydrogen-bond acceptors (Lipinski definition) is 5. The third kappa shape index (κ3) is 9.03. The number of esters is 1. The minimum absolute atomic E-state index is 0.258. The summed E-state index contributed by atoms with van der Waals surface area (Å²) in [4.78, 5) is 25.4. The Kier molecular flexibility index (Phi) is 10.4. The van der Waals surface area contributed by atoms with Crippen LogP contribution in [0.15, 0.2) is 11.6 Å². The lowest BCUT2D eigenvalue weighted by Crippen LogP contribution is -2.36. The van der Waals surface area contributed by atoms with Gasteiger partial charge < -0.3 is 14.6 Å². The molecule has 1 atom stereocenters. The van der Waals surface area contributed by atoms with Gasteiger partial charge >= 0.3 is 11.9 Å². The van der Waals surface area contributed by atoms with E-state index in [1.54, 1.807) is 0 Å². The first-order valence-electron chi connectivity index (χ1n) is 8.93. The summed E-state index contributed by atoms with van der Waals surface area (Å²) < 4.78 is 10.6. The second-order valence-electron chi connectivity index (χ2n) is 6.41. The molecular weight excluding hydrogens is 310 g/mol. The van der Waals surface area contributed by atoms with Crippen LogP contribution in [-0.4, -0.2) is 61.4 Å². The van der Waals surface area contributed by atoms with Gasteiger partial charge in [0.15, 0.2) is 0 Å². The third-order valence-electron chi connectivity index (χ3n) is 4.11. The van der Waals surface area contributed by atoms with Gasteiger partial charge in [-0.15, -0.1) is 0 Å². The molecule has 1 N–H and O–H groups in total. The van der Waals surface area contributed by atoms with Gasteiger partial charge in [-0.05, 0) is 38.1 Å². The van der Waals surface area contributed by atoms with Crippen LogP contribution in [0.1, 0.15) is 46.0 Å². The second-order valence-corrected chi connectivity index (χ2v) is 6.41. The van der Waals surface area contributed by atoms with Crippen LogP contribution in [0.5, 0.6) is 0 Å². The zero-order chi connectivity index (χ0) is 17.8. The van der Waals surface area contributed by atoms with E-state index < -0.39 is 11.9 Å².